The van der Waals surface area contributed by atoms with Gasteiger partial charge in [0.05, 0.1) is 9.95 Å². The largest absolute Gasteiger partial charge is 0.380 e. The van der Waals surface area contributed by atoms with Crippen LogP contribution in [-0.2, 0) is 6.54 Å². The smallest absolute Gasteiger partial charge is 0.273 e. The van der Waals surface area contributed by atoms with Gasteiger partial charge in [-0.15, -0.1) is 0 Å². The molecule has 0 unspecified atom stereocenters. The monoisotopic (exact) mass is 372 g/mol. The van der Waals surface area contributed by atoms with E-state index in [0.717, 1.165) is 11.3 Å². The Morgan fingerprint density at radius 1 is 1.38 bits per heavy atom. The van der Waals surface area contributed by atoms with Crippen molar-refractivity contribution >= 4 is 38.9 Å². The van der Waals surface area contributed by atoms with Gasteiger partial charge in [-0.2, -0.15) is 0 Å². The van der Waals surface area contributed by atoms with Crippen molar-refractivity contribution in [3.05, 3.63) is 66.9 Å². The van der Waals surface area contributed by atoms with E-state index in [2.05, 4.69) is 21.2 Å². The molecule has 110 valence electrons. The van der Waals surface area contributed by atoms with Gasteiger partial charge in [-0.3, -0.25) is 10.1 Å². The fraction of sp³-hybridized carbons (Fsp3) is 0.143. The maximum absolute atomic E-state index is 13.1. The van der Waals surface area contributed by atoms with E-state index in [1.54, 1.807) is 19.1 Å². The van der Waals surface area contributed by atoms with Crippen LogP contribution in [0.4, 0.5) is 15.8 Å². The van der Waals surface area contributed by atoms with Crippen LogP contribution in [0.1, 0.15) is 11.1 Å². The number of anilines is 1. The van der Waals surface area contributed by atoms with Crippen molar-refractivity contribution < 1.29 is 9.31 Å². The molecule has 0 saturated heterocycles. The summed E-state index contributed by atoms with van der Waals surface area (Å²) in [6, 6.07) is 7.61. The summed E-state index contributed by atoms with van der Waals surface area (Å²) in [5.41, 5.74) is 2.14. The summed E-state index contributed by atoms with van der Waals surface area (Å²) in [5.74, 6) is -0.465. The predicted molar refractivity (Wildman–Crippen MR) is 84.3 cm³/mol. The quantitative estimate of drug-likeness (QED) is 0.601. The third-order valence-electron chi connectivity index (χ3n) is 2.95. The highest BCUT2D eigenvalue weighted by molar-refractivity contribution is 9.10. The van der Waals surface area contributed by atoms with Crippen molar-refractivity contribution in [2.75, 3.05) is 5.32 Å². The Morgan fingerprint density at radius 3 is 2.71 bits per heavy atom. The molecule has 0 spiro atoms. The minimum atomic E-state index is -0.465. The van der Waals surface area contributed by atoms with E-state index in [1.165, 1.54) is 18.2 Å². The number of nitro groups is 1. The lowest BCUT2D eigenvalue weighted by atomic mass is 10.1. The zero-order valence-electron chi connectivity index (χ0n) is 11.0. The summed E-state index contributed by atoms with van der Waals surface area (Å²) in [6.07, 6.45) is 0. The van der Waals surface area contributed by atoms with E-state index < -0.39 is 10.7 Å². The Balaban J connectivity index is 2.18. The highest BCUT2D eigenvalue weighted by atomic mass is 79.9. The van der Waals surface area contributed by atoms with Crippen molar-refractivity contribution in [2.45, 2.75) is 13.5 Å². The number of halogens is 3. The first-order valence-corrected chi connectivity index (χ1v) is 7.18. The second-order valence-electron chi connectivity index (χ2n) is 4.48. The SMILES string of the molecule is Cc1cc(NCc2ccc(F)c(Cl)c2)c(Br)cc1[N+](=O)[O-]. The third-order valence-corrected chi connectivity index (χ3v) is 3.90. The minimum absolute atomic E-state index is 0.0530. The first-order valence-electron chi connectivity index (χ1n) is 6.01. The van der Waals surface area contributed by atoms with Gasteiger partial charge in [-0.05, 0) is 46.6 Å². The molecule has 0 atom stereocenters. The van der Waals surface area contributed by atoms with Crippen LogP contribution in [0.5, 0.6) is 0 Å². The van der Waals surface area contributed by atoms with Gasteiger partial charge in [0.2, 0.25) is 0 Å². The molecule has 2 aromatic rings. The third kappa shape index (κ3) is 3.71. The summed E-state index contributed by atoms with van der Waals surface area (Å²) < 4.78 is 13.7. The molecule has 0 aromatic heterocycles. The van der Waals surface area contributed by atoms with Gasteiger partial charge in [0, 0.05) is 28.3 Å². The predicted octanol–water partition coefficient (Wildman–Crippen LogP) is 5.07. The summed E-state index contributed by atoms with van der Waals surface area (Å²) in [7, 11) is 0. The molecule has 0 aliphatic carbocycles. The molecule has 0 aliphatic rings. The molecule has 7 heteroatoms. The van der Waals surface area contributed by atoms with E-state index >= 15 is 0 Å². The molecule has 0 bridgehead atoms. The molecule has 1 N–H and O–H groups in total. The molecule has 2 aromatic carbocycles. The molecule has 4 nitrogen and oxygen atoms in total. The first kappa shape index (κ1) is 15.7. The molecule has 0 heterocycles. The topological polar surface area (TPSA) is 55.2 Å². The lowest BCUT2D eigenvalue weighted by Gasteiger charge is -2.10. The maximum atomic E-state index is 13.1. The second-order valence-corrected chi connectivity index (χ2v) is 5.74. The number of nitrogens with zero attached hydrogens (tertiary/aromatic N) is 1. The van der Waals surface area contributed by atoms with Crippen molar-refractivity contribution in [1.82, 2.24) is 0 Å². The average molecular weight is 374 g/mol. The first-order chi connectivity index (χ1) is 9.88. The Bertz CT molecular complexity index is 710. The number of rotatable bonds is 4. The molecule has 0 aliphatic heterocycles. The van der Waals surface area contributed by atoms with Gasteiger partial charge in [0.25, 0.3) is 5.69 Å². The Hall–Kier alpha value is -1.66. The van der Waals surface area contributed by atoms with Crippen LogP contribution in [0.25, 0.3) is 0 Å². The Kier molecular flexibility index (Phi) is 4.80. The van der Waals surface area contributed by atoms with Gasteiger partial charge in [-0.25, -0.2) is 4.39 Å². The molecule has 21 heavy (non-hydrogen) atoms. The van der Waals surface area contributed by atoms with Crippen LogP contribution >= 0.6 is 27.5 Å². The van der Waals surface area contributed by atoms with Crippen molar-refractivity contribution in [1.29, 1.82) is 0 Å². The number of nitro benzene ring substituents is 1. The van der Waals surface area contributed by atoms with Crippen LogP contribution in [0.3, 0.4) is 0 Å². The number of nitrogens with one attached hydrogen (secondary N) is 1. The normalized spacial score (nSPS) is 10.5. The van der Waals surface area contributed by atoms with E-state index in [4.69, 9.17) is 11.6 Å². The molecular weight excluding hydrogens is 363 g/mol. The minimum Gasteiger partial charge on any atom is -0.380 e. The van der Waals surface area contributed by atoms with Gasteiger partial charge < -0.3 is 5.32 Å². The molecule has 0 saturated carbocycles. The highest BCUT2D eigenvalue weighted by Crippen LogP contribution is 2.31. The summed E-state index contributed by atoms with van der Waals surface area (Å²) in [6.45, 7) is 2.10. The van der Waals surface area contributed by atoms with E-state index in [9.17, 15) is 14.5 Å². The van der Waals surface area contributed by atoms with Gasteiger partial charge in [0.15, 0.2) is 0 Å². The van der Waals surface area contributed by atoms with E-state index in [1.807, 2.05) is 0 Å². The van der Waals surface area contributed by atoms with Gasteiger partial charge in [0.1, 0.15) is 5.82 Å². The fourth-order valence-corrected chi connectivity index (χ4v) is 2.52. The van der Waals surface area contributed by atoms with Crippen LogP contribution in [0.2, 0.25) is 5.02 Å². The number of hydrogen-bond acceptors (Lipinski definition) is 3. The zero-order chi connectivity index (χ0) is 15.6. The maximum Gasteiger partial charge on any atom is 0.273 e. The molecular formula is C14H11BrClFN2O2. The number of aryl methyl sites for hydroxylation is 1. The standard InChI is InChI=1S/C14H11BrClFN2O2/c1-8-4-13(10(15)6-14(8)19(20)21)18-7-9-2-3-12(17)11(16)5-9/h2-6,18H,7H2,1H3. The van der Waals surface area contributed by atoms with Crippen LogP contribution in [0, 0.1) is 22.9 Å². The lowest BCUT2D eigenvalue weighted by Crippen LogP contribution is -2.02. The molecule has 0 amide bonds. The van der Waals surface area contributed by atoms with Gasteiger partial charge >= 0.3 is 0 Å². The summed E-state index contributed by atoms with van der Waals surface area (Å²) in [5, 5.41) is 14.0. The Labute approximate surface area is 134 Å². The second kappa shape index (κ2) is 6.41. The lowest BCUT2D eigenvalue weighted by molar-refractivity contribution is -0.385. The average Bonchev–Trinajstić information content (AvgIpc) is 2.42. The van der Waals surface area contributed by atoms with E-state index in [0.29, 0.717) is 16.6 Å². The van der Waals surface area contributed by atoms with Crippen molar-refractivity contribution in [2.24, 2.45) is 0 Å². The van der Waals surface area contributed by atoms with Crippen molar-refractivity contribution in [3.63, 3.8) is 0 Å². The highest BCUT2D eigenvalue weighted by Gasteiger charge is 2.14. The van der Waals surface area contributed by atoms with E-state index in [-0.39, 0.29) is 10.7 Å². The zero-order valence-corrected chi connectivity index (χ0v) is 13.3. The van der Waals surface area contributed by atoms with Crippen LogP contribution in [-0.4, -0.2) is 4.92 Å². The van der Waals surface area contributed by atoms with Crippen LogP contribution in [0.15, 0.2) is 34.8 Å². The molecule has 2 rings (SSSR count). The fourth-order valence-electron chi connectivity index (χ4n) is 1.85. The Morgan fingerprint density at radius 2 is 2.10 bits per heavy atom. The molecule has 0 fully saturated rings. The van der Waals surface area contributed by atoms with Crippen LogP contribution < -0.4 is 5.32 Å². The van der Waals surface area contributed by atoms with Gasteiger partial charge in [-0.1, -0.05) is 17.7 Å². The summed E-state index contributed by atoms with van der Waals surface area (Å²) >= 11 is 9.02. The number of hydrogen-bond donors (Lipinski definition) is 1. The summed E-state index contributed by atoms with van der Waals surface area (Å²) in [4.78, 5) is 10.4. The van der Waals surface area contributed by atoms with Crippen molar-refractivity contribution in [3.8, 4) is 0 Å². The molecule has 0 radical (unpaired) electrons. The number of benzene rings is 2.